The zero-order chi connectivity index (χ0) is 37.0. The van der Waals surface area contributed by atoms with Crippen molar-refractivity contribution in [2.45, 2.75) is 0 Å². The molecule has 8 aromatic carbocycles. The number of anilines is 3. The van der Waals surface area contributed by atoms with Crippen molar-refractivity contribution in [1.82, 2.24) is 9.97 Å². The number of benzene rings is 8. The lowest BCUT2D eigenvalue weighted by Crippen LogP contribution is -2.09. The number of fused-ring (bicyclic) bond motifs is 5. The minimum Gasteiger partial charge on any atom is -0.436 e. The highest BCUT2D eigenvalue weighted by Crippen LogP contribution is 2.42. The summed E-state index contributed by atoms with van der Waals surface area (Å²) in [5.41, 5.74) is 12.7. The Hall–Kier alpha value is -7.28. The first-order chi connectivity index (χ1) is 27.7. The lowest BCUT2D eigenvalue weighted by Gasteiger charge is -2.26. The normalized spacial score (nSPS) is 11.6. The fourth-order valence-electron chi connectivity index (χ4n) is 7.52. The molecule has 0 radical (unpaired) electrons. The van der Waals surface area contributed by atoms with Gasteiger partial charge in [-0.15, -0.1) is 11.3 Å². The molecule has 0 amide bonds. The maximum atomic E-state index is 6.21. The first kappa shape index (κ1) is 32.2. The van der Waals surface area contributed by atoms with Crippen LogP contribution in [0, 0.1) is 0 Å². The first-order valence-corrected chi connectivity index (χ1v) is 19.4. The minimum absolute atomic E-state index is 0.626. The summed E-state index contributed by atoms with van der Waals surface area (Å²) in [6, 6.07) is 65.4. The lowest BCUT2D eigenvalue weighted by molar-refractivity contribution is 0.619. The smallest absolute Gasteiger partial charge is 0.227 e. The third kappa shape index (κ3) is 5.72. The van der Waals surface area contributed by atoms with Crippen molar-refractivity contribution in [3.63, 3.8) is 0 Å². The summed E-state index contributed by atoms with van der Waals surface area (Å²) in [5, 5.41) is 2.53. The van der Waals surface area contributed by atoms with Crippen molar-refractivity contribution < 1.29 is 8.83 Å². The maximum absolute atomic E-state index is 6.21. The van der Waals surface area contributed by atoms with E-state index in [9.17, 15) is 0 Å². The molecule has 0 fully saturated rings. The molecule has 264 valence electrons. The summed E-state index contributed by atoms with van der Waals surface area (Å²) < 4.78 is 15.0. The third-order valence-corrected chi connectivity index (χ3v) is 11.5. The van der Waals surface area contributed by atoms with Crippen LogP contribution in [0.5, 0.6) is 0 Å². The molecule has 5 nitrogen and oxygen atoms in total. The molecule has 0 aliphatic heterocycles. The molecule has 0 N–H and O–H groups in total. The van der Waals surface area contributed by atoms with Crippen molar-refractivity contribution in [1.29, 1.82) is 0 Å². The van der Waals surface area contributed by atoms with Crippen LogP contribution in [-0.4, -0.2) is 9.97 Å². The van der Waals surface area contributed by atoms with Gasteiger partial charge in [-0.25, -0.2) is 9.97 Å². The molecule has 6 heteroatoms. The summed E-state index contributed by atoms with van der Waals surface area (Å²) in [5.74, 6) is 1.25. The molecule has 56 heavy (non-hydrogen) atoms. The second kappa shape index (κ2) is 13.2. The van der Waals surface area contributed by atoms with E-state index in [0.29, 0.717) is 11.8 Å². The third-order valence-electron chi connectivity index (χ3n) is 10.4. The van der Waals surface area contributed by atoms with E-state index in [2.05, 4.69) is 120 Å². The summed E-state index contributed by atoms with van der Waals surface area (Å²) >= 11 is 1.83. The predicted octanol–water partition coefficient (Wildman–Crippen LogP) is 14.5. The van der Waals surface area contributed by atoms with Crippen LogP contribution in [0.25, 0.3) is 87.5 Å². The molecule has 3 heterocycles. The predicted molar refractivity (Wildman–Crippen MR) is 231 cm³/mol. The molecule has 0 saturated heterocycles. The molecule has 0 aliphatic rings. The van der Waals surface area contributed by atoms with Crippen LogP contribution in [0.3, 0.4) is 0 Å². The second-order valence-corrected chi connectivity index (χ2v) is 14.9. The summed E-state index contributed by atoms with van der Waals surface area (Å²) in [6.07, 6.45) is 0. The topological polar surface area (TPSA) is 55.3 Å². The highest BCUT2D eigenvalue weighted by molar-refractivity contribution is 7.25. The van der Waals surface area contributed by atoms with E-state index in [1.165, 1.54) is 20.2 Å². The first-order valence-electron chi connectivity index (χ1n) is 18.5. The molecule has 0 unspecified atom stereocenters. The molecule has 0 saturated carbocycles. The fraction of sp³-hybridized carbons (Fsp3) is 0. The van der Waals surface area contributed by atoms with Crippen molar-refractivity contribution in [3.8, 4) is 45.2 Å². The average Bonchev–Trinajstić information content (AvgIpc) is 4.00. The number of aromatic nitrogens is 2. The molecule has 0 bridgehead atoms. The number of hydrogen-bond donors (Lipinski definition) is 0. The van der Waals surface area contributed by atoms with Crippen molar-refractivity contribution in [2.24, 2.45) is 0 Å². The van der Waals surface area contributed by atoms with Gasteiger partial charge in [-0.1, -0.05) is 91.0 Å². The molecule has 0 aliphatic carbocycles. The minimum atomic E-state index is 0.626. The summed E-state index contributed by atoms with van der Waals surface area (Å²) in [4.78, 5) is 11.8. The highest BCUT2D eigenvalue weighted by Gasteiger charge is 2.17. The van der Waals surface area contributed by atoms with E-state index in [1.807, 2.05) is 84.1 Å². The molecular formula is C50H31N3O2S. The van der Waals surface area contributed by atoms with Crippen molar-refractivity contribution >= 4 is 70.8 Å². The quantitative estimate of drug-likeness (QED) is 0.163. The number of oxazole rings is 2. The van der Waals surface area contributed by atoms with Gasteiger partial charge in [0.2, 0.25) is 11.8 Å². The Morgan fingerprint density at radius 2 is 0.821 bits per heavy atom. The van der Waals surface area contributed by atoms with Crippen LogP contribution >= 0.6 is 11.3 Å². The maximum Gasteiger partial charge on any atom is 0.227 e. The fourth-order valence-corrected chi connectivity index (χ4v) is 8.61. The number of hydrogen-bond acceptors (Lipinski definition) is 6. The van der Waals surface area contributed by atoms with Crippen LogP contribution < -0.4 is 4.90 Å². The zero-order valence-corrected chi connectivity index (χ0v) is 30.8. The van der Waals surface area contributed by atoms with Gasteiger partial charge in [0.05, 0.1) is 0 Å². The van der Waals surface area contributed by atoms with Crippen LogP contribution in [-0.2, 0) is 0 Å². The van der Waals surface area contributed by atoms with E-state index < -0.39 is 0 Å². The number of thiophene rings is 1. The Bertz CT molecular complexity index is 3020. The van der Waals surface area contributed by atoms with Crippen molar-refractivity contribution in [2.75, 3.05) is 4.90 Å². The summed E-state index contributed by atoms with van der Waals surface area (Å²) in [6.45, 7) is 0. The van der Waals surface area contributed by atoms with E-state index in [-0.39, 0.29) is 0 Å². The van der Waals surface area contributed by atoms with Crippen LogP contribution in [0.2, 0.25) is 0 Å². The molecular weight excluding hydrogens is 707 g/mol. The van der Waals surface area contributed by atoms with E-state index in [4.69, 9.17) is 18.8 Å². The van der Waals surface area contributed by atoms with E-state index in [0.717, 1.165) is 72.6 Å². The van der Waals surface area contributed by atoms with Gasteiger partial charge in [-0.2, -0.15) is 0 Å². The van der Waals surface area contributed by atoms with Gasteiger partial charge in [-0.3, -0.25) is 0 Å². The lowest BCUT2D eigenvalue weighted by atomic mass is 10.0. The Morgan fingerprint density at radius 3 is 1.38 bits per heavy atom. The van der Waals surface area contributed by atoms with Gasteiger partial charge in [-0.05, 0) is 119 Å². The SMILES string of the molecule is c1ccc(-c2nc3ccc(-c4ccc(N(c5ccc(-c6ccc7nc(-c8ccccc8)oc7c6)cc5)c5ccc6sc7ccccc7c6c5)cc4)cc3o2)cc1. The van der Waals surface area contributed by atoms with Gasteiger partial charge >= 0.3 is 0 Å². The van der Waals surface area contributed by atoms with Gasteiger partial charge in [0.15, 0.2) is 11.2 Å². The Kier molecular flexibility index (Phi) is 7.60. The molecule has 0 atom stereocenters. The van der Waals surface area contributed by atoms with Gasteiger partial charge in [0.1, 0.15) is 11.0 Å². The standard InChI is InChI=1S/C50H31N3O2S/c1-3-9-34(10-4-1)49-51-43-26-19-36(29-45(43)54-49)32-15-21-38(22-16-32)53(40-25-28-48-42(31-40)41-13-7-8-14-47(41)56-48)39-23-17-33(18-24-39)37-20-27-44-46(30-37)55-50(52-44)35-11-5-2-6-12-35/h1-31H. The zero-order valence-electron chi connectivity index (χ0n) is 30.0. The molecule has 11 aromatic rings. The Balaban J connectivity index is 0.959. The molecule has 11 rings (SSSR count). The van der Waals surface area contributed by atoms with Crippen molar-refractivity contribution in [3.05, 3.63) is 188 Å². The van der Waals surface area contributed by atoms with Gasteiger partial charge in [0, 0.05) is 48.4 Å². The Morgan fingerprint density at radius 1 is 0.357 bits per heavy atom. The van der Waals surface area contributed by atoms with Crippen LogP contribution in [0.1, 0.15) is 0 Å². The van der Waals surface area contributed by atoms with Gasteiger partial charge in [0.25, 0.3) is 0 Å². The van der Waals surface area contributed by atoms with Crippen LogP contribution in [0.4, 0.5) is 17.1 Å². The largest absolute Gasteiger partial charge is 0.436 e. The number of rotatable bonds is 7. The molecule has 3 aromatic heterocycles. The summed E-state index contributed by atoms with van der Waals surface area (Å²) in [7, 11) is 0. The van der Waals surface area contributed by atoms with E-state index in [1.54, 1.807) is 0 Å². The number of nitrogens with zero attached hydrogens (tertiary/aromatic N) is 3. The van der Waals surface area contributed by atoms with Gasteiger partial charge < -0.3 is 13.7 Å². The van der Waals surface area contributed by atoms with E-state index >= 15 is 0 Å². The highest BCUT2D eigenvalue weighted by atomic mass is 32.1. The monoisotopic (exact) mass is 737 g/mol. The van der Waals surface area contributed by atoms with Crippen LogP contribution in [0.15, 0.2) is 197 Å². The molecule has 0 spiro atoms. The average molecular weight is 738 g/mol. The Labute approximate surface area is 326 Å². The second-order valence-electron chi connectivity index (χ2n) is 13.8.